The van der Waals surface area contributed by atoms with E-state index in [-0.39, 0.29) is 5.41 Å². The van der Waals surface area contributed by atoms with E-state index < -0.39 is 0 Å². The molecule has 0 spiro atoms. The lowest BCUT2D eigenvalue weighted by Crippen LogP contribution is -2.14. The van der Waals surface area contributed by atoms with Crippen LogP contribution in [-0.2, 0) is 5.41 Å². The molecule has 7 aromatic rings. The molecule has 0 unspecified atom stereocenters. The van der Waals surface area contributed by atoms with Crippen LogP contribution in [0, 0.1) is 0 Å². The van der Waals surface area contributed by atoms with E-state index in [1.54, 1.807) is 0 Å². The second-order valence-electron chi connectivity index (χ2n) is 12.4. The molecular formula is C43H33N3. The van der Waals surface area contributed by atoms with Crippen molar-refractivity contribution in [3.05, 3.63) is 169 Å². The lowest BCUT2D eigenvalue weighted by atomic mass is 9.82. The van der Waals surface area contributed by atoms with Crippen LogP contribution in [-0.4, -0.2) is 9.97 Å². The van der Waals surface area contributed by atoms with Gasteiger partial charge in [0.05, 0.1) is 11.4 Å². The lowest BCUT2D eigenvalue weighted by molar-refractivity contribution is 0.660. The Balaban J connectivity index is 1.17. The zero-order valence-electron chi connectivity index (χ0n) is 25.9. The highest BCUT2D eigenvalue weighted by molar-refractivity contribution is 5.88. The summed E-state index contributed by atoms with van der Waals surface area (Å²) in [5.74, 6) is 0.692. The molecule has 1 aliphatic carbocycles. The van der Waals surface area contributed by atoms with Crippen LogP contribution in [0.2, 0.25) is 0 Å². The summed E-state index contributed by atoms with van der Waals surface area (Å²) in [5, 5.41) is 3.72. The first-order valence-electron chi connectivity index (χ1n) is 15.8. The SMILES string of the molecule is CC1(C)c2ccccc2-c2cc(-c3ccccc3Nc3cccc(-c4nc(-c5ccccc5)cc(-c5ccccc5)n4)c3)ccc21. The van der Waals surface area contributed by atoms with E-state index in [0.29, 0.717) is 5.82 Å². The van der Waals surface area contributed by atoms with Crippen molar-refractivity contribution in [2.24, 2.45) is 0 Å². The summed E-state index contributed by atoms with van der Waals surface area (Å²) < 4.78 is 0. The van der Waals surface area contributed by atoms with Crippen LogP contribution in [0.5, 0.6) is 0 Å². The third-order valence-corrected chi connectivity index (χ3v) is 9.09. The van der Waals surface area contributed by atoms with Crippen molar-refractivity contribution in [2.45, 2.75) is 19.3 Å². The van der Waals surface area contributed by atoms with Gasteiger partial charge in [-0.1, -0.05) is 141 Å². The Bertz CT molecular complexity index is 2140. The van der Waals surface area contributed by atoms with Gasteiger partial charge in [0.2, 0.25) is 0 Å². The molecule has 46 heavy (non-hydrogen) atoms. The fourth-order valence-electron chi connectivity index (χ4n) is 6.71. The minimum Gasteiger partial charge on any atom is -0.355 e. The first kappa shape index (κ1) is 27.7. The monoisotopic (exact) mass is 591 g/mol. The lowest BCUT2D eigenvalue weighted by Gasteiger charge is -2.21. The average molecular weight is 592 g/mol. The van der Waals surface area contributed by atoms with Crippen LogP contribution >= 0.6 is 0 Å². The number of hydrogen-bond donors (Lipinski definition) is 1. The molecule has 0 amide bonds. The number of fused-ring (bicyclic) bond motifs is 3. The molecule has 0 saturated heterocycles. The second-order valence-corrected chi connectivity index (χ2v) is 12.4. The smallest absolute Gasteiger partial charge is 0.160 e. The number of anilines is 2. The highest BCUT2D eigenvalue weighted by Crippen LogP contribution is 2.49. The maximum atomic E-state index is 5.04. The van der Waals surface area contributed by atoms with Crippen LogP contribution in [0.25, 0.3) is 56.2 Å². The van der Waals surface area contributed by atoms with Crippen molar-refractivity contribution in [1.82, 2.24) is 9.97 Å². The summed E-state index contributed by atoms with van der Waals surface area (Å²) in [6, 6.07) is 55.3. The minimum absolute atomic E-state index is 0.0110. The summed E-state index contributed by atoms with van der Waals surface area (Å²) in [5.41, 5.74) is 14.7. The van der Waals surface area contributed by atoms with Crippen LogP contribution < -0.4 is 5.32 Å². The molecule has 3 heteroatoms. The topological polar surface area (TPSA) is 37.8 Å². The van der Waals surface area contributed by atoms with Crippen molar-refractivity contribution in [2.75, 3.05) is 5.32 Å². The predicted octanol–water partition coefficient (Wildman–Crippen LogP) is 11.2. The Kier molecular flexibility index (Phi) is 6.80. The molecule has 0 radical (unpaired) electrons. The molecule has 1 aliphatic rings. The van der Waals surface area contributed by atoms with Crippen LogP contribution in [0.15, 0.2) is 158 Å². The van der Waals surface area contributed by atoms with Gasteiger partial charge in [-0.2, -0.15) is 0 Å². The Hall–Kier alpha value is -5.80. The van der Waals surface area contributed by atoms with Crippen molar-refractivity contribution >= 4 is 11.4 Å². The maximum absolute atomic E-state index is 5.04. The molecule has 0 aliphatic heterocycles. The van der Waals surface area contributed by atoms with Crippen LogP contribution in [0.4, 0.5) is 11.4 Å². The quantitative estimate of drug-likeness (QED) is 0.209. The average Bonchev–Trinajstić information content (AvgIpc) is 3.35. The summed E-state index contributed by atoms with van der Waals surface area (Å²) in [4.78, 5) is 10.1. The number of nitrogens with one attached hydrogen (secondary N) is 1. The molecule has 1 aromatic heterocycles. The molecule has 0 saturated carbocycles. The molecule has 0 bridgehead atoms. The third kappa shape index (κ3) is 4.96. The first-order valence-corrected chi connectivity index (χ1v) is 15.8. The highest BCUT2D eigenvalue weighted by Gasteiger charge is 2.35. The fraction of sp³-hybridized carbons (Fsp3) is 0.0698. The summed E-state index contributed by atoms with van der Waals surface area (Å²) >= 11 is 0. The number of aromatic nitrogens is 2. The van der Waals surface area contributed by atoms with E-state index in [1.165, 1.54) is 27.8 Å². The molecule has 8 rings (SSSR count). The Morgan fingerprint density at radius 2 is 1.02 bits per heavy atom. The van der Waals surface area contributed by atoms with E-state index in [0.717, 1.165) is 45.0 Å². The largest absolute Gasteiger partial charge is 0.355 e. The van der Waals surface area contributed by atoms with Gasteiger partial charge in [0.25, 0.3) is 0 Å². The number of nitrogens with zero attached hydrogens (tertiary/aromatic N) is 2. The molecule has 3 nitrogen and oxygen atoms in total. The van der Waals surface area contributed by atoms with Gasteiger partial charge < -0.3 is 5.32 Å². The molecule has 1 N–H and O–H groups in total. The standard InChI is InChI=1S/C43H33N3/c1-43(2)37-22-11-9-21-35(37)36-27-31(24-25-38(36)43)34-20-10-12-23-39(34)44-33-19-13-18-32(26-33)42-45-40(29-14-5-3-6-15-29)28-41(46-42)30-16-7-4-8-17-30/h3-28,44H,1-2H3. The molecule has 6 aromatic carbocycles. The Labute approximate surface area is 270 Å². The number of benzene rings is 6. The van der Waals surface area contributed by atoms with E-state index in [4.69, 9.17) is 9.97 Å². The zero-order valence-corrected chi connectivity index (χ0v) is 25.9. The maximum Gasteiger partial charge on any atom is 0.160 e. The van der Waals surface area contributed by atoms with Gasteiger partial charge in [0.15, 0.2) is 5.82 Å². The number of hydrogen-bond acceptors (Lipinski definition) is 3. The third-order valence-electron chi connectivity index (χ3n) is 9.09. The van der Waals surface area contributed by atoms with Gasteiger partial charge in [-0.05, 0) is 58.1 Å². The number of para-hydroxylation sites is 1. The second kappa shape index (κ2) is 11.3. The van der Waals surface area contributed by atoms with Crippen molar-refractivity contribution < 1.29 is 0 Å². The molecule has 220 valence electrons. The molecule has 0 atom stereocenters. The van der Waals surface area contributed by atoms with Crippen molar-refractivity contribution in [3.63, 3.8) is 0 Å². The molecular weight excluding hydrogens is 558 g/mol. The summed E-state index contributed by atoms with van der Waals surface area (Å²) in [6.07, 6.45) is 0. The van der Waals surface area contributed by atoms with E-state index >= 15 is 0 Å². The van der Waals surface area contributed by atoms with Crippen molar-refractivity contribution in [1.29, 1.82) is 0 Å². The van der Waals surface area contributed by atoms with Gasteiger partial charge in [0, 0.05) is 39.0 Å². The van der Waals surface area contributed by atoms with Gasteiger partial charge in [-0.25, -0.2) is 9.97 Å². The summed E-state index contributed by atoms with van der Waals surface area (Å²) in [6.45, 7) is 4.64. The van der Waals surface area contributed by atoms with Gasteiger partial charge in [0.1, 0.15) is 0 Å². The highest BCUT2D eigenvalue weighted by atomic mass is 14.9. The normalized spacial score (nSPS) is 12.7. The first-order chi connectivity index (χ1) is 22.5. The van der Waals surface area contributed by atoms with Crippen molar-refractivity contribution in [3.8, 4) is 56.2 Å². The van der Waals surface area contributed by atoms with E-state index in [1.807, 2.05) is 36.4 Å². The van der Waals surface area contributed by atoms with Crippen LogP contribution in [0.1, 0.15) is 25.0 Å². The van der Waals surface area contributed by atoms with Crippen LogP contribution in [0.3, 0.4) is 0 Å². The van der Waals surface area contributed by atoms with E-state index in [2.05, 4.69) is 140 Å². The molecule has 0 fully saturated rings. The van der Waals surface area contributed by atoms with Gasteiger partial charge >= 0.3 is 0 Å². The van der Waals surface area contributed by atoms with Gasteiger partial charge in [-0.3, -0.25) is 0 Å². The predicted molar refractivity (Wildman–Crippen MR) is 191 cm³/mol. The molecule has 1 heterocycles. The van der Waals surface area contributed by atoms with Gasteiger partial charge in [-0.15, -0.1) is 0 Å². The Morgan fingerprint density at radius 1 is 0.435 bits per heavy atom. The van der Waals surface area contributed by atoms with E-state index in [9.17, 15) is 0 Å². The number of rotatable bonds is 6. The fourth-order valence-corrected chi connectivity index (χ4v) is 6.71. The zero-order chi connectivity index (χ0) is 31.1. The minimum atomic E-state index is -0.0110. The summed E-state index contributed by atoms with van der Waals surface area (Å²) in [7, 11) is 0. The Morgan fingerprint density at radius 3 is 1.74 bits per heavy atom.